The molecule has 0 nitrogen and oxygen atoms in total. The van der Waals surface area contributed by atoms with Crippen LogP contribution in [0.5, 0.6) is 0 Å². The van der Waals surface area contributed by atoms with Crippen molar-refractivity contribution in [2.75, 3.05) is 0 Å². The highest BCUT2D eigenvalue weighted by Crippen LogP contribution is 2.05. The van der Waals surface area contributed by atoms with E-state index in [1.54, 1.807) is 0 Å². The van der Waals surface area contributed by atoms with Gasteiger partial charge in [-0.25, -0.2) is 0 Å². The Morgan fingerprint density at radius 3 is 1.77 bits per heavy atom. The van der Waals surface area contributed by atoms with Crippen LogP contribution in [0, 0.1) is 0 Å². The zero-order valence-electron chi connectivity index (χ0n) is 10.3. The van der Waals surface area contributed by atoms with E-state index in [2.05, 4.69) is 39.8 Å². The highest BCUT2D eigenvalue weighted by molar-refractivity contribution is 5.14. The fraction of sp³-hybridized carbons (Fsp3) is 0.692. The lowest BCUT2D eigenvalue weighted by Gasteiger charge is -1.95. The van der Waals surface area contributed by atoms with Gasteiger partial charge >= 0.3 is 0 Å². The van der Waals surface area contributed by atoms with Gasteiger partial charge in [-0.1, -0.05) is 57.4 Å². The van der Waals surface area contributed by atoms with Crippen molar-refractivity contribution in [2.24, 2.45) is 0 Å². The predicted octanol–water partition coefficient (Wildman–Crippen LogP) is 5.12. The highest BCUT2D eigenvalue weighted by Gasteiger charge is 1.84. The van der Waals surface area contributed by atoms with E-state index in [0.29, 0.717) is 0 Å². The molecule has 0 heterocycles. The standard InChI is InChI=1S/C11H20.C2H6/c1-5-7-11(4)9-8-10(3)6-2;1-2/h8-9H,5-7H2,1-4H3;1-2H3/b10-8-,11-9+;. The molecule has 0 aromatic carbocycles. The molecule has 0 radical (unpaired) electrons. The molecule has 0 saturated carbocycles. The Morgan fingerprint density at radius 1 is 0.923 bits per heavy atom. The minimum atomic E-state index is 1.16. The first kappa shape index (κ1) is 15.0. The molecule has 78 valence electrons. The average Bonchev–Trinajstić information content (AvgIpc) is 2.18. The van der Waals surface area contributed by atoms with Gasteiger partial charge in [0.25, 0.3) is 0 Å². The molecule has 0 fully saturated rings. The molecule has 0 atom stereocenters. The van der Waals surface area contributed by atoms with Gasteiger partial charge in [0.1, 0.15) is 0 Å². The van der Waals surface area contributed by atoms with Crippen molar-refractivity contribution in [1.82, 2.24) is 0 Å². The zero-order valence-corrected chi connectivity index (χ0v) is 10.3. The topological polar surface area (TPSA) is 0 Å². The third-order valence-electron chi connectivity index (χ3n) is 1.85. The molecule has 13 heavy (non-hydrogen) atoms. The maximum absolute atomic E-state index is 2.24. The normalized spacial score (nSPS) is 12.2. The van der Waals surface area contributed by atoms with Crippen LogP contribution in [0.4, 0.5) is 0 Å². The van der Waals surface area contributed by atoms with Crippen molar-refractivity contribution in [3.8, 4) is 0 Å². The van der Waals surface area contributed by atoms with Gasteiger partial charge in [0.05, 0.1) is 0 Å². The molecule has 0 aliphatic heterocycles. The Hall–Kier alpha value is -0.520. The smallest absolute Gasteiger partial charge is 0.0323 e. The molecule has 0 heteroatoms. The van der Waals surface area contributed by atoms with Crippen molar-refractivity contribution in [3.63, 3.8) is 0 Å². The van der Waals surface area contributed by atoms with E-state index in [9.17, 15) is 0 Å². The van der Waals surface area contributed by atoms with Gasteiger partial charge in [-0.2, -0.15) is 0 Å². The summed E-state index contributed by atoms with van der Waals surface area (Å²) >= 11 is 0. The first-order valence-corrected chi connectivity index (χ1v) is 5.53. The van der Waals surface area contributed by atoms with Crippen LogP contribution in [-0.2, 0) is 0 Å². The SMILES string of the molecule is CC.CCC/C(C)=C/C=C(/C)CC. The molecular weight excluding hydrogens is 156 g/mol. The predicted molar refractivity (Wildman–Crippen MR) is 64.1 cm³/mol. The molecule has 0 saturated heterocycles. The molecule has 0 bridgehead atoms. The van der Waals surface area contributed by atoms with Gasteiger partial charge in [-0.3, -0.25) is 0 Å². The Kier molecular flexibility index (Phi) is 13.2. The summed E-state index contributed by atoms with van der Waals surface area (Å²) in [6, 6.07) is 0. The van der Waals surface area contributed by atoms with Crippen molar-refractivity contribution in [3.05, 3.63) is 23.3 Å². The zero-order chi connectivity index (χ0) is 10.7. The minimum Gasteiger partial charge on any atom is -0.0736 e. The van der Waals surface area contributed by atoms with Gasteiger partial charge in [-0.15, -0.1) is 0 Å². The summed E-state index contributed by atoms with van der Waals surface area (Å²) in [6.45, 7) is 12.8. The van der Waals surface area contributed by atoms with Crippen molar-refractivity contribution in [1.29, 1.82) is 0 Å². The van der Waals surface area contributed by atoms with Crippen LogP contribution in [0.15, 0.2) is 23.3 Å². The van der Waals surface area contributed by atoms with E-state index in [-0.39, 0.29) is 0 Å². The summed E-state index contributed by atoms with van der Waals surface area (Å²) in [5.41, 5.74) is 2.95. The van der Waals surface area contributed by atoms with Crippen LogP contribution in [0.1, 0.15) is 60.8 Å². The molecule has 0 unspecified atom stereocenters. The van der Waals surface area contributed by atoms with Crippen molar-refractivity contribution in [2.45, 2.75) is 60.8 Å². The summed E-state index contributed by atoms with van der Waals surface area (Å²) < 4.78 is 0. The lowest BCUT2D eigenvalue weighted by Crippen LogP contribution is -1.74. The van der Waals surface area contributed by atoms with E-state index in [0.717, 1.165) is 6.42 Å². The van der Waals surface area contributed by atoms with E-state index >= 15 is 0 Å². The molecule has 0 amide bonds. The van der Waals surface area contributed by atoms with Gasteiger partial charge in [-0.05, 0) is 26.7 Å². The van der Waals surface area contributed by atoms with Crippen LogP contribution in [0.25, 0.3) is 0 Å². The van der Waals surface area contributed by atoms with Gasteiger partial charge < -0.3 is 0 Å². The third-order valence-corrected chi connectivity index (χ3v) is 1.85. The van der Waals surface area contributed by atoms with E-state index < -0.39 is 0 Å². The molecule has 0 aliphatic rings. The second kappa shape index (κ2) is 11.5. The van der Waals surface area contributed by atoms with E-state index in [1.807, 2.05) is 13.8 Å². The summed E-state index contributed by atoms with van der Waals surface area (Å²) in [5.74, 6) is 0. The summed E-state index contributed by atoms with van der Waals surface area (Å²) in [7, 11) is 0. The van der Waals surface area contributed by atoms with Crippen LogP contribution >= 0.6 is 0 Å². The van der Waals surface area contributed by atoms with Crippen LogP contribution in [-0.4, -0.2) is 0 Å². The molecular formula is C13H26. The molecule has 0 aliphatic carbocycles. The highest BCUT2D eigenvalue weighted by atomic mass is 13.9. The summed E-state index contributed by atoms with van der Waals surface area (Å²) in [6.07, 6.45) is 8.11. The Morgan fingerprint density at radius 2 is 1.38 bits per heavy atom. The number of hydrogen-bond donors (Lipinski definition) is 0. The molecule has 0 spiro atoms. The Labute approximate surface area is 84.7 Å². The summed E-state index contributed by atoms with van der Waals surface area (Å²) in [4.78, 5) is 0. The second-order valence-electron chi connectivity index (χ2n) is 3.13. The maximum Gasteiger partial charge on any atom is -0.0323 e. The van der Waals surface area contributed by atoms with Crippen LogP contribution in [0.3, 0.4) is 0 Å². The number of allylic oxidation sites excluding steroid dienone is 4. The average molecular weight is 182 g/mol. The van der Waals surface area contributed by atoms with Gasteiger partial charge in [0.2, 0.25) is 0 Å². The van der Waals surface area contributed by atoms with Crippen molar-refractivity contribution >= 4 is 0 Å². The second-order valence-corrected chi connectivity index (χ2v) is 3.13. The Balaban J connectivity index is 0. The Bertz CT molecular complexity index is 149. The van der Waals surface area contributed by atoms with Gasteiger partial charge in [0.15, 0.2) is 0 Å². The van der Waals surface area contributed by atoms with Gasteiger partial charge in [0, 0.05) is 0 Å². The third kappa shape index (κ3) is 11.5. The molecule has 0 aromatic heterocycles. The number of hydrogen-bond acceptors (Lipinski definition) is 0. The van der Waals surface area contributed by atoms with Crippen LogP contribution < -0.4 is 0 Å². The van der Waals surface area contributed by atoms with Crippen molar-refractivity contribution < 1.29 is 0 Å². The van der Waals surface area contributed by atoms with E-state index in [4.69, 9.17) is 0 Å². The lowest BCUT2D eigenvalue weighted by molar-refractivity contribution is 0.905. The molecule has 0 rings (SSSR count). The van der Waals surface area contributed by atoms with E-state index in [1.165, 1.54) is 24.0 Å². The maximum atomic E-state index is 2.24. The first-order valence-electron chi connectivity index (χ1n) is 5.53. The minimum absolute atomic E-state index is 1.16. The summed E-state index contributed by atoms with van der Waals surface area (Å²) in [5, 5.41) is 0. The fourth-order valence-corrected chi connectivity index (χ4v) is 0.880. The molecule has 0 aromatic rings. The first-order chi connectivity index (χ1) is 6.20. The molecule has 0 N–H and O–H groups in total. The fourth-order valence-electron chi connectivity index (χ4n) is 0.880. The lowest BCUT2D eigenvalue weighted by atomic mass is 10.1. The monoisotopic (exact) mass is 182 g/mol. The largest absolute Gasteiger partial charge is 0.0736 e. The quantitative estimate of drug-likeness (QED) is 0.530. The number of rotatable bonds is 4. The van der Waals surface area contributed by atoms with Crippen LogP contribution in [0.2, 0.25) is 0 Å².